The van der Waals surface area contributed by atoms with Gasteiger partial charge in [-0.3, -0.25) is 0 Å². The third-order valence-corrected chi connectivity index (χ3v) is 3.15. The molecule has 3 nitrogen and oxygen atoms in total. The van der Waals surface area contributed by atoms with E-state index in [4.69, 9.17) is 9.47 Å². The van der Waals surface area contributed by atoms with Gasteiger partial charge in [0.05, 0.1) is 0 Å². The molecule has 0 bridgehead atoms. The molecular weight excluding hydrogens is 202 g/mol. The smallest absolute Gasteiger partial charge is 0.169 e. The van der Waals surface area contributed by atoms with Crippen molar-refractivity contribution in [2.45, 2.75) is 33.0 Å². The van der Waals surface area contributed by atoms with Gasteiger partial charge in [0.15, 0.2) is 6.29 Å². The average molecular weight is 227 g/mol. The second-order valence-corrected chi connectivity index (χ2v) is 4.86. The predicted octanol–water partition coefficient (Wildman–Crippen LogP) is 2.19. The first-order valence-electron chi connectivity index (χ1n) is 6.09. The van der Waals surface area contributed by atoms with E-state index < -0.39 is 0 Å². The van der Waals surface area contributed by atoms with Gasteiger partial charge in [-0.25, -0.2) is 0 Å². The molecule has 1 aliphatic carbocycles. The summed E-state index contributed by atoms with van der Waals surface area (Å²) in [5, 5.41) is 3.42. The van der Waals surface area contributed by atoms with Crippen molar-refractivity contribution in [2.24, 2.45) is 11.8 Å². The lowest BCUT2D eigenvalue weighted by molar-refractivity contribution is -0.0990. The number of allylic oxidation sites excluding steroid dienone is 2. The summed E-state index contributed by atoms with van der Waals surface area (Å²) in [4.78, 5) is 0. The first-order valence-corrected chi connectivity index (χ1v) is 6.09. The summed E-state index contributed by atoms with van der Waals surface area (Å²) in [6.45, 7) is 6.35. The van der Waals surface area contributed by atoms with E-state index in [2.05, 4.69) is 25.2 Å². The van der Waals surface area contributed by atoms with Crippen LogP contribution in [0.25, 0.3) is 0 Å². The molecule has 0 aromatic heterocycles. The molecule has 16 heavy (non-hydrogen) atoms. The van der Waals surface area contributed by atoms with Crippen LogP contribution in [-0.2, 0) is 9.47 Å². The minimum atomic E-state index is -0.127. The van der Waals surface area contributed by atoms with Crippen molar-refractivity contribution < 1.29 is 9.47 Å². The van der Waals surface area contributed by atoms with Crippen molar-refractivity contribution >= 4 is 0 Å². The molecule has 0 saturated heterocycles. The van der Waals surface area contributed by atoms with E-state index in [1.807, 2.05) is 0 Å². The average Bonchev–Trinajstić information content (AvgIpc) is 2.23. The summed E-state index contributed by atoms with van der Waals surface area (Å²) in [6.07, 6.45) is 4.78. The van der Waals surface area contributed by atoms with Crippen molar-refractivity contribution in [1.82, 2.24) is 5.32 Å². The molecule has 2 atom stereocenters. The number of methoxy groups -OCH3 is 2. The second-order valence-electron chi connectivity index (χ2n) is 4.86. The highest BCUT2D eigenvalue weighted by Crippen LogP contribution is 2.27. The van der Waals surface area contributed by atoms with Gasteiger partial charge in [0.1, 0.15) is 0 Å². The Hall–Kier alpha value is -0.380. The van der Waals surface area contributed by atoms with Crippen LogP contribution in [0.5, 0.6) is 0 Å². The number of rotatable bonds is 6. The largest absolute Gasteiger partial charge is 0.355 e. The third kappa shape index (κ3) is 4.64. The van der Waals surface area contributed by atoms with Gasteiger partial charge in [-0.1, -0.05) is 18.6 Å². The van der Waals surface area contributed by atoms with Crippen LogP contribution >= 0.6 is 0 Å². The number of hydrogen-bond acceptors (Lipinski definition) is 3. The third-order valence-electron chi connectivity index (χ3n) is 3.15. The van der Waals surface area contributed by atoms with E-state index in [-0.39, 0.29) is 6.29 Å². The normalized spacial score (nSPS) is 25.9. The molecule has 0 radical (unpaired) electrons. The molecular formula is C13H25NO2. The Balaban J connectivity index is 2.21. The summed E-state index contributed by atoms with van der Waals surface area (Å²) >= 11 is 0. The van der Waals surface area contributed by atoms with Gasteiger partial charge < -0.3 is 14.8 Å². The Bertz CT molecular complexity index is 224. The standard InChI is InChI=1S/C13H25NO2/c1-10-5-11(2)7-12(6-10)8-14-9-13(15-3)16-4/h5,10,12-14H,6-9H2,1-4H3. The van der Waals surface area contributed by atoms with Crippen LogP contribution in [0.3, 0.4) is 0 Å². The lowest BCUT2D eigenvalue weighted by Gasteiger charge is -2.26. The number of hydrogen-bond donors (Lipinski definition) is 1. The zero-order valence-corrected chi connectivity index (χ0v) is 11.0. The zero-order chi connectivity index (χ0) is 12.0. The molecule has 0 aliphatic heterocycles. The molecule has 0 fully saturated rings. The molecule has 0 spiro atoms. The van der Waals surface area contributed by atoms with Crippen LogP contribution in [-0.4, -0.2) is 33.6 Å². The minimum absolute atomic E-state index is 0.127. The molecule has 0 amide bonds. The molecule has 3 heteroatoms. The number of ether oxygens (including phenoxy) is 2. The van der Waals surface area contributed by atoms with Crippen molar-refractivity contribution in [2.75, 3.05) is 27.3 Å². The van der Waals surface area contributed by atoms with E-state index in [9.17, 15) is 0 Å². The maximum absolute atomic E-state index is 5.14. The maximum atomic E-state index is 5.14. The SMILES string of the molecule is COC(CNCC1CC(C)=CC(C)C1)OC. The van der Waals surface area contributed by atoms with Crippen molar-refractivity contribution in [3.05, 3.63) is 11.6 Å². The lowest BCUT2D eigenvalue weighted by Crippen LogP contribution is -2.34. The van der Waals surface area contributed by atoms with Gasteiger partial charge in [0, 0.05) is 20.8 Å². The molecule has 0 aromatic rings. The summed E-state index contributed by atoms with van der Waals surface area (Å²) < 4.78 is 10.3. The summed E-state index contributed by atoms with van der Waals surface area (Å²) in [5.41, 5.74) is 1.53. The Kier molecular flexibility index (Phi) is 6.03. The molecule has 0 heterocycles. The molecule has 2 unspecified atom stereocenters. The molecule has 0 aromatic carbocycles. The van der Waals surface area contributed by atoms with E-state index >= 15 is 0 Å². The fraction of sp³-hybridized carbons (Fsp3) is 0.846. The van der Waals surface area contributed by atoms with Crippen LogP contribution in [0, 0.1) is 11.8 Å². The highest BCUT2D eigenvalue weighted by Gasteiger charge is 2.17. The fourth-order valence-corrected chi connectivity index (χ4v) is 2.51. The Morgan fingerprint density at radius 1 is 1.44 bits per heavy atom. The Morgan fingerprint density at radius 2 is 2.12 bits per heavy atom. The molecule has 94 valence electrons. The fourth-order valence-electron chi connectivity index (χ4n) is 2.51. The zero-order valence-electron chi connectivity index (χ0n) is 11.0. The van der Waals surface area contributed by atoms with E-state index in [1.165, 1.54) is 18.4 Å². The quantitative estimate of drug-likeness (QED) is 0.557. The van der Waals surface area contributed by atoms with Crippen molar-refractivity contribution in [3.8, 4) is 0 Å². The van der Waals surface area contributed by atoms with Gasteiger partial charge in [0.2, 0.25) is 0 Å². The van der Waals surface area contributed by atoms with Crippen LogP contribution in [0.2, 0.25) is 0 Å². The summed E-state index contributed by atoms with van der Waals surface area (Å²) in [6, 6.07) is 0. The van der Waals surface area contributed by atoms with Gasteiger partial charge in [-0.05, 0) is 38.1 Å². The van der Waals surface area contributed by atoms with Crippen molar-refractivity contribution in [1.29, 1.82) is 0 Å². The van der Waals surface area contributed by atoms with E-state index in [1.54, 1.807) is 14.2 Å². The molecule has 1 rings (SSSR count). The van der Waals surface area contributed by atoms with Gasteiger partial charge in [-0.15, -0.1) is 0 Å². The number of nitrogens with one attached hydrogen (secondary N) is 1. The highest BCUT2D eigenvalue weighted by molar-refractivity contribution is 5.06. The first-order chi connectivity index (χ1) is 7.65. The summed E-state index contributed by atoms with van der Waals surface area (Å²) in [5.74, 6) is 1.48. The van der Waals surface area contributed by atoms with Gasteiger partial charge >= 0.3 is 0 Å². The summed E-state index contributed by atoms with van der Waals surface area (Å²) in [7, 11) is 3.34. The second kappa shape index (κ2) is 7.05. The lowest BCUT2D eigenvalue weighted by atomic mass is 9.84. The molecule has 0 saturated carbocycles. The highest BCUT2D eigenvalue weighted by atomic mass is 16.7. The maximum Gasteiger partial charge on any atom is 0.169 e. The first kappa shape index (κ1) is 13.7. The van der Waals surface area contributed by atoms with Crippen LogP contribution in [0.15, 0.2) is 11.6 Å². The van der Waals surface area contributed by atoms with Crippen LogP contribution in [0.1, 0.15) is 26.7 Å². The van der Waals surface area contributed by atoms with Crippen molar-refractivity contribution in [3.63, 3.8) is 0 Å². The topological polar surface area (TPSA) is 30.5 Å². The minimum Gasteiger partial charge on any atom is -0.355 e. The molecule has 1 aliphatic rings. The van der Waals surface area contributed by atoms with Gasteiger partial charge in [-0.2, -0.15) is 0 Å². The van der Waals surface area contributed by atoms with Crippen LogP contribution < -0.4 is 5.32 Å². The van der Waals surface area contributed by atoms with Gasteiger partial charge in [0.25, 0.3) is 0 Å². The Labute approximate surface area is 99.2 Å². The van der Waals surface area contributed by atoms with E-state index in [0.29, 0.717) is 0 Å². The predicted molar refractivity (Wildman–Crippen MR) is 66.3 cm³/mol. The monoisotopic (exact) mass is 227 g/mol. The van der Waals surface area contributed by atoms with Crippen LogP contribution in [0.4, 0.5) is 0 Å². The van der Waals surface area contributed by atoms with E-state index in [0.717, 1.165) is 24.9 Å². The molecule has 1 N–H and O–H groups in total. The Morgan fingerprint density at radius 3 is 2.69 bits per heavy atom.